The van der Waals surface area contributed by atoms with Crippen LogP contribution in [0.25, 0.3) is 0 Å². The summed E-state index contributed by atoms with van der Waals surface area (Å²) in [7, 11) is -3.49. The van der Waals surface area contributed by atoms with Gasteiger partial charge in [0, 0.05) is 24.7 Å². The highest BCUT2D eigenvalue weighted by Gasteiger charge is 2.29. The second-order valence-electron chi connectivity index (χ2n) is 4.31. The number of nitrogens with one attached hydrogen (secondary N) is 2. The SMILES string of the molecule is CCNCc1cn[nH]c1S(=O)(=O)N(CC)C(C)C. The first-order chi connectivity index (χ1) is 8.45. The van der Waals surface area contributed by atoms with Gasteiger partial charge in [-0.05, 0) is 20.4 Å². The lowest BCUT2D eigenvalue weighted by Crippen LogP contribution is -2.37. The van der Waals surface area contributed by atoms with Crippen molar-refractivity contribution in [3.05, 3.63) is 11.8 Å². The highest BCUT2D eigenvalue weighted by atomic mass is 32.2. The second-order valence-corrected chi connectivity index (χ2v) is 6.13. The van der Waals surface area contributed by atoms with Crippen LogP contribution in [0.2, 0.25) is 0 Å². The molecule has 7 heteroatoms. The molecule has 0 amide bonds. The Morgan fingerprint density at radius 1 is 1.44 bits per heavy atom. The first-order valence-electron chi connectivity index (χ1n) is 6.19. The molecule has 0 aliphatic heterocycles. The Kier molecular flexibility index (Phi) is 5.30. The van der Waals surface area contributed by atoms with Crippen molar-refractivity contribution >= 4 is 10.0 Å². The Morgan fingerprint density at radius 3 is 2.61 bits per heavy atom. The lowest BCUT2D eigenvalue weighted by atomic mass is 10.3. The summed E-state index contributed by atoms with van der Waals surface area (Å²) in [5.74, 6) is 0. The highest BCUT2D eigenvalue weighted by Crippen LogP contribution is 2.19. The smallest absolute Gasteiger partial charge is 0.260 e. The molecule has 2 N–H and O–H groups in total. The van der Waals surface area contributed by atoms with Crippen LogP contribution in [-0.4, -0.2) is 42.1 Å². The van der Waals surface area contributed by atoms with E-state index in [0.717, 1.165) is 6.54 Å². The molecule has 0 atom stereocenters. The van der Waals surface area contributed by atoms with E-state index in [1.54, 1.807) is 6.20 Å². The minimum absolute atomic E-state index is 0.0738. The molecule has 0 spiro atoms. The van der Waals surface area contributed by atoms with E-state index in [1.807, 2.05) is 27.7 Å². The number of aromatic amines is 1. The van der Waals surface area contributed by atoms with E-state index < -0.39 is 10.0 Å². The van der Waals surface area contributed by atoms with E-state index >= 15 is 0 Å². The molecule has 1 aromatic rings. The van der Waals surface area contributed by atoms with E-state index in [1.165, 1.54) is 4.31 Å². The number of nitrogens with zero attached hydrogens (tertiary/aromatic N) is 2. The third-order valence-electron chi connectivity index (χ3n) is 2.70. The van der Waals surface area contributed by atoms with Crippen LogP contribution >= 0.6 is 0 Å². The van der Waals surface area contributed by atoms with Crippen molar-refractivity contribution in [3.8, 4) is 0 Å². The monoisotopic (exact) mass is 274 g/mol. The molecule has 0 bridgehead atoms. The topological polar surface area (TPSA) is 78.1 Å². The maximum Gasteiger partial charge on any atom is 0.260 e. The molecule has 1 aromatic heterocycles. The van der Waals surface area contributed by atoms with Crippen LogP contribution in [0.5, 0.6) is 0 Å². The van der Waals surface area contributed by atoms with Crippen molar-refractivity contribution in [2.45, 2.75) is 45.3 Å². The van der Waals surface area contributed by atoms with Crippen LogP contribution in [0.3, 0.4) is 0 Å². The van der Waals surface area contributed by atoms with Crippen LogP contribution in [0.15, 0.2) is 11.2 Å². The minimum atomic E-state index is -3.49. The van der Waals surface area contributed by atoms with Gasteiger partial charge in [-0.25, -0.2) is 8.42 Å². The van der Waals surface area contributed by atoms with Gasteiger partial charge in [-0.3, -0.25) is 5.10 Å². The summed E-state index contributed by atoms with van der Waals surface area (Å²) >= 11 is 0. The normalized spacial score (nSPS) is 12.6. The molecule has 0 aliphatic carbocycles. The Labute approximate surface area is 109 Å². The van der Waals surface area contributed by atoms with E-state index in [2.05, 4.69) is 15.5 Å². The van der Waals surface area contributed by atoms with E-state index in [4.69, 9.17) is 0 Å². The summed E-state index contributed by atoms with van der Waals surface area (Å²) in [5, 5.41) is 9.75. The molecule has 18 heavy (non-hydrogen) atoms. The number of hydrogen-bond acceptors (Lipinski definition) is 4. The molecular formula is C11H22N4O2S. The first-order valence-corrected chi connectivity index (χ1v) is 7.63. The Bertz CT molecular complexity index is 467. The summed E-state index contributed by atoms with van der Waals surface area (Å²) < 4.78 is 26.4. The summed E-state index contributed by atoms with van der Waals surface area (Å²) in [5.41, 5.74) is 0.677. The van der Waals surface area contributed by atoms with Crippen LogP contribution in [0, 0.1) is 0 Å². The number of rotatable bonds is 7. The van der Waals surface area contributed by atoms with Gasteiger partial charge in [-0.1, -0.05) is 13.8 Å². The van der Waals surface area contributed by atoms with Gasteiger partial charge >= 0.3 is 0 Å². The second kappa shape index (κ2) is 6.31. The molecule has 6 nitrogen and oxygen atoms in total. The molecule has 1 heterocycles. The Hall–Kier alpha value is -0.920. The number of sulfonamides is 1. The van der Waals surface area contributed by atoms with E-state index in [0.29, 0.717) is 18.7 Å². The zero-order valence-corrected chi connectivity index (χ0v) is 12.2. The summed E-state index contributed by atoms with van der Waals surface area (Å²) in [4.78, 5) is 0. The third kappa shape index (κ3) is 3.09. The van der Waals surface area contributed by atoms with Gasteiger partial charge in [0.1, 0.15) is 0 Å². The lowest BCUT2D eigenvalue weighted by molar-refractivity contribution is 0.367. The molecule has 0 fully saturated rings. The number of H-pyrrole nitrogens is 1. The predicted molar refractivity (Wildman–Crippen MR) is 70.7 cm³/mol. The minimum Gasteiger partial charge on any atom is -0.313 e. The van der Waals surface area contributed by atoms with Crippen molar-refractivity contribution in [2.75, 3.05) is 13.1 Å². The van der Waals surface area contributed by atoms with Crippen molar-refractivity contribution < 1.29 is 8.42 Å². The molecule has 0 saturated heterocycles. The molecule has 1 rings (SSSR count). The fourth-order valence-corrected chi connectivity index (χ4v) is 3.59. The molecule has 0 unspecified atom stereocenters. The molecule has 104 valence electrons. The molecule has 0 saturated carbocycles. The van der Waals surface area contributed by atoms with Gasteiger partial charge in [0.15, 0.2) is 5.03 Å². The van der Waals surface area contributed by atoms with Gasteiger partial charge in [-0.15, -0.1) is 0 Å². The van der Waals surface area contributed by atoms with Crippen molar-refractivity contribution in [1.82, 2.24) is 19.8 Å². The lowest BCUT2D eigenvalue weighted by Gasteiger charge is -2.23. The van der Waals surface area contributed by atoms with Crippen molar-refractivity contribution in [2.24, 2.45) is 0 Å². The van der Waals surface area contributed by atoms with Gasteiger partial charge in [0.05, 0.1) is 6.20 Å². The van der Waals surface area contributed by atoms with Crippen molar-refractivity contribution in [3.63, 3.8) is 0 Å². The van der Waals surface area contributed by atoms with E-state index in [-0.39, 0.29) is 11.1 Å². The molecule has 0 aromatic carbocycles. The maximum absolute atomic E-state index is 12.5. The first kappa shape index (κ1) is 15.1. The standard InChI is InChI=1S/C11H22N4O2S/c1-5-12-7-10-8-13-14-11(10)18(16,17)15(6-2)9(3)4/h8-9,12H,5-7H2,1-4H3,(H,13,14). The Balaban J connectivity index is 3.08. The Morgan fingerprint density at radius 2 is 2.11 bits per heavy atom. The predicted octanol–water partition coefficient (Wildman–Crippen LogP) is 0.938. The summed E-state index contributed by atoms with van der Waals surface area (Å²) in [6.45, 7) is 9.25. The van der Waals surface area contributed by atoms with Crippen molar-refractivity contribution in [1.29, 1.82) is 0 Å². The zero-order valence-electron chi connectivity index (χ0n) is 11.4. The van der Waals surface area contributed by atoms with Crippen LogP contribution < -0.4 is 5.32 Å². The van der Waals surface area contributed by atoms with Crippen LogP contribution in [0.1, 0.15) is 33.3 Å². The van der Waals surface area contributed by atoms with Gasteiger partial charge in [0.25, 0.3) is 10.0 Å². The fourth-order valence-electron chi connectivity index (χ4n) is 1.84. The third-order valence-corrected chi connectivity index (χ3v) is 4.86. The number of aromatic nitrogens is 2. The summed E-state index contributed by atoms with van der Waals surface area (Å²) in [6, 6.07) is -0.0738. The molecule has 0 aliphatic rings. The highest BCUT2D eigenvalue weighted by molar-refractivity contribution is 7.89. The molecule has 0 radical (unpaired) electrons. The van der Waals surface area contributed by atoms with Gasteiger partial charge < -0.3 is 5.32 Å². The number of hydrogen-bond donors (Lipinski definition) is 2. The molecular weight excluding hydrogens is 252 g/mol. The largest absolute Gasteiger partial charge is 0.313 e. The quantitative estimate of drug-likeness (QED) is 0.775. The fraction of sp³-hybridized carbons (Fsp3) is 0.727. The average Bonchev–Trinajstić information content (AvgIpc) is 2.74. The zero-order chi connectivity index (χ0) is 13.8. The average molecular weight is 274 g/mol. The van der Waals surface area contributed by atoms with E-state index in [9.17, 15) is 8.42 Å². The van der Waals surface area contributed by atoms with Crippen LogP contribution in [0.4, 0.5) is 0 Å². The van der Waals surface area contributed by atoms with Gasteiger partial charge in [-0.2, -0.15) is 9.40 Å². The van der Waals surface area contributed by atoms with Crippen LogP contribution in [-0.2, 0) is 16.6 Å². The summed E-state index contributed by atoms with van der Waals surface area (Å²) in [6.07, 6.45) is 1.56. The van der Waals surface area contributed by atoms with Gasteiger partial charge in [0.2, 0.25) is 0 Å². The maximum atomic E-state index is 12.5.